The van der Waals surface area contributed by atoms with E-state index >= 15 is 0 Å². The highest BCUT2D eigenvalue weighted by Crippen LogP contribution is 2.29. The molecule has 0 amide bonds. The Bertz CT molecular complexity index is 833. The van der Waals surface area contributed by atoms with Crippen molar-refractivity contribution in [3.63, 3.8) is 0 Å². The summed E-state index contributed by atoms with van der Waals surface area (Å²) < 4.78 is 6.19. The molecule has 3 heterocycles. The first-order valence-corrected chi connectivity index (χ1v) is 11.6. The molecular weight excluding hydrogens is 356 g/mol. The highest BCUT2D eigenvalue weighted by atomic mass is 16.5. The lowest BCUT2D eigenvalue weighted by molar-refractivity contribution is 0.127. The molecule has 0 saturated carbocycles. The third kappa shape index (κ3) is 4.51. The first-order chi connectivity index (χ1) is 14.3. The molecule has 2 aromatic rings. The molecular formula is C26H34N2O. The Labute approximate surface area is 175 Å². The summed E-state index contributed by atoms with van der Waals surface area (Å²) in [5.41, 5.74) is 5.88. The molecule has 3 heteroatoms. The van der Waals surface area contributed by atoms with Crippen LogP contribution in [0.2, 0.25) is 0 Å². The summed E-state index contributed by atoms with van der Waals surface area (Å²) in [6.07, 6.45) is 8.89. The highest BCUT2D eigenvalue weighted by molar-refractivity contribution is 5.38. The lowest BCUT2D eigenvalue weighted by Gasteiger charge is -2.36. The van der Waals surface area contributed by atoms with Crippen LogP contribution in [0, 0.1) is 0 Å². The lowest BCUT2D eigenvalue weighted by atomic mass is 9.94. The fraction of sp³-hybridized carbons (Fsp3) is 0.538. The van der Waals surface area contributed by atoms with Crippen molar-refractivity contribution >= 4 is 0 Å². The largest absolute Gasteiger partial charge is 0.493 e. The molecule has 2 aromatic carbocycles. The number of aryl methyl sites for hydroxylation is 1. The molecule has 5 rings (SSSR count). The Morgan fingerprint density at radius 2 is 1.72 bits per heavy atom. The van der Waals surface area contributed by atoms with Crippen LogP contribution in [0.5, 0.6) is 5.75 Å². The summed E-state index contributed by atoms with van der Waals surface area (Å²) in [7, 11) is 0. The summed E-state index contributed by atoms with van der Waals surface area (Å²) >= 11 is 0. The molecule has 3 aliphatic rings. The van der Waals surface area contributed by atoms with Gasteiger partial charge in [0.15, 0.2) is 0 Å². The maximum Gasteiger partial charge on any atom is 0.122 e. The number of ether oxygens (including phenoxy) is 1. The molecule has 0 aliphatic carbocycles. The Balaban J connectivity index is 1.29. The van der Waals surface area contributed by atoms with Crippen LogP contribution in [0.15, 0.2) is 42.5 Å². The SMILES string of the molecule is c1ccc2c(c1)CCN(Cc1ccc3c(c1)CCC1CCCCN1CCCO3)C2. The van der Waals surface area contributed by atoms with Gasteiger partial charge < -0.3 is 9.64 Å². The molecule has 29 heavy (non-hydrogen) atoms. The van der Waals surface area contributed by atoms with E-state index in [1.807, 2.05) is 0 Å². The molecule has 1 unspecified atom stereocenters. The maximum absolute atomic E-state index is 6.19. The summed E-state index contributed by atoms with van der Waals surface area (Å²) in [5.74, 6) is 1.13. The van der Waals surface area contributed by atoms with Gasteiger partial charge in [0.2, 0.25) is 0 Å². The van der Waals surface area contributed by atoms with Crippen LogP contribution in [-0.4, -0.2) is 42.1 Å². The molecule has 1 atom stereocenters. The first-order valence-electron chi connectivity index (χ1n) is 11.6. The standard InChI is InChI=1S/C26H34N2O/c1-2-7-24-20-27(16-13-22(24)6-1)19-21-9-12-26-23(18-21)10-11-25-8-3-4-14-28(25)15-5-17-29-26/h1-2,6-7,9,12,18,25H,3-5,8,10-11,13-17,19-20H2. The predicted molar refractivity (Wildman–Crippen MR) is 118 cm³/mol. The Kier molecular flexibility index (Phi) is 5.87. The predicted octanol–water partition coefficient (Wildman–Crippen LogP) is 4.81. The van der Waals surface area contributed by atoms with Crippen molar-refractivity contribution in [3.05, 3.63) is 64.7 Å². The van der Waals surface area contributed by atoms with Gasteiger partial charge in [-0.2, -0.15) is 0 Å². The first kappa shape index (κ1) is 19.1. The monoisotopic (exact) mass is 390 g/mol. The van der Waals surface area contributed by atoms with Gasteiger partial charge in [0, 0.05) is 32.2 Å². The van der Waals surface area contributed by atoms with Gasteiger partial charge in [-0.15, -0.1) is 0 Å². The van der Waals surface area contributed by atoms with E-state index in [0.717, 1.165) is 50.9 Å². The molecule has 3 nitrogen and oxygen atoms in total. The lowest BCUT2D eigenvalue weighted by Crippen LogP contribution is -2.41. The maximum atomic E-state index is 6.19. The van der Waals surface area contributed by atoms with Crippen molar-refractivity contribution in [1.29, 1.82) is 0 Å². The van der Waals surface area contributed by atoms with Gasteiger partial charge >= 0.3 is 0 Å². The van der Waals surface area contributed by atoms with Crippen molar-refractivity contribution in [1.82, 2.24) is 9.80 Å². The van der Waals surface area contributed by atoms with Gasteiger partial charge in [-0.25, -0.2) is 0 Å². The van der Waals surface area contributed by atoms with Gasteiger partial charge in [-0.3, -0.25) is 4.90 Å². The van der Waals surface area contributed by atoms with E-state index in [4.69, 9.17) is 4.74 Å². The molecule has 154 valence electrons. The van der Waals surface area contributed by atoms with Crippen molar-refractivity contribution < 1.29 is 4.74 Å². The second kappa shape index (κ2) is 8.89. The number of hydrogen-bond donors (Lipinski definition) is 0. The third-order valence-corrected chi connectivity index (χ3v) is 7.08. The van der Waals surface area contributed by atoms with Gasteiger partial charge in [0.25, 0.3) is 0 Å². The highest BCUT2D eigenvalue weighted by Gasteiger charge is 2.23. The molecule has 0 radical (unpaired) electrons. The van der Waals surface area contributed by atoms with E-state index < -0.39 is 0 Å². The van der Waals surface area contributed by atoms with Gasteiger partial charge in [-0.05, 0) is 73.4 Å². The van der Waals surface area contributed by atoms with Crippen molar-refractivity contribution in [2.75, 3.05) is 26.2 Å². The smallest absolute Gasteiger partial charge is 0.122 e. The number of piperidine rings is 1. The van der Waals surface area contributed by atoms with Crippen LogP contribution < -0.4 is 4.74 Å². The molecule has 1 saturated heterocycles. The topological polar surface area (TPSA) is 15.7 Å². The van der Waals surface area contributed by atoms with Crippen LogP contribution in [0.25, 0.3) is 0 Å². The van der Waals surface area contributed by atoms with Crippen LogP contribution in [-0.2, 0) is 25.9 Å². The van der Waals surface area contributed by atoms with Gasteiger partial charge in [0.1, 0.15) is 5.75 Å². The molecule has 0 N–H and O–H groups in total. The average molecular weight is 391 g/mol. The van der Waals surface area contributed by atoms with E-state index in [1.54, 1.807) is 0 Å². The summed E-state index contributed by atoms with van der Waals surface area (Å²) in [6, 6.07) is 16.7. The van der Waals surface area contributed by atoms with Crippen molar-refractivity contribution in [2.45, 2.75) is 64.1 Å². The number of nitrogens with zero attached hydrogens (tertiary/aromatic N) is 2. The third-order valence-electron chi connectivity index (χ3n) is 7.08. The van der Waals surface area contributed by atoms with E-state index in [1.165, 1.54) is 67.4 Å². The second-order valence-corrected chi connectivity index (χ2v) is 9.10. The number of hydrogen-bond acceptors (Lipinski definition) is 3. The van der Waals surface area contributed by atoms with Crippen LogP contribution >= 0.6 is 0 Å². The normalized spacial score (nSPS) is 23.4. The minimum absolute atomic E-state index is 0.775. The summed E-state index contributed by atoms with van der Waals surface area (Å²) in [4.78, 5) is 5.32. The van der Waals surface area contributed by atoms with Gasteiger partial charge in [-0.1, -0.05) is 42.8 Å². The Morgan fingerprint density at radius 1 is 0.828 bits per heavy atom. The molecule has 0 bridgehead atoms. The second-order valence-electron chi connectivity index (χ2n) is 9.10. The van der Waals surface area contributed by atoms with Crippen LogP contribution in [0.1, 0.15) is 54.4 Å². The average Bonchev–Trinajstić information content (AvgIpc) is 2.77. The molecule has 1 fully saturated rings. The van der Waals surface area contributed by atoms with E-state index in [2.05, 4.69) is 52.3 Å². The Morgan fingerprint density at radius 3 is 2.69 bits per heavy atom. The zero-order chi connectivity index (χ0) is 19.5. The van der Waals surface area contributed by atoms with Crippen molar-refractivity contribution in [2.24, 2.45) is 0 Å². The van der Waals surface area contributed by atoms with Crippen LogP contribution in [0.4, 0.5) is 0 Å². The molecule has 3 aliphatic heterocycles. The quantitative estimate of drug-likeness (QED) is 0.731. The fourth-order valence-electron chi connectivity index (χ4n) is 5.47. The van der Waals surface area contributed by atoms with Crippen LogP contribution in [0.3, 0.4) is 0 Å². The van der Waals surface area contributed by atoms with Gasteiger partial charge in [0.05, 0.1) is 6.61 Å². The number of rotatable bonds is 2. The zero-order valence-corrected chi connectivity index (χ0v) is 17.6. The fourth-order valence-corrected chi connectivity index (χ4v) is 5.47. The zero-order valence-electron chi connectivity index (χ0n) is 17.6. The van der Waals surface area contributed by atoms with E-state index in [-0.39, 0.29) is 0 Å². The van der Waals surface area contributed by atoms with E-state index in [0.29, 0.717) is 0 Å². The molecule has 0 aromatic heterocycles. The minimum atomic E-state index is 0.775. The molecule has 0 spiro atoms. The Hall–Kier alpha value is -1.84. The number of benzene rings is 2. The number of fused-ring (bicyclic) bond motifs is 3. The summed E-state index contributed by atoms with van der Waals surface area (Å²) in [6.45, 7) is 6.60. The van der Waals surface area contributed by atoms with Crippen molar-refractivity contribution in [3.8, 4) is 5.75 Å². The minimum Gasteiger partial charge on any atom is -0.493 e. The summed E-state index contributed by atoms with van der Waals surface area (Å²) in [5, 5.41) is 0. The van der Waals surface area contributed by atoms with E-state index in [9.17, 15) is 0 Å².